The number of ether oxygens (including phenoxy) is 4. The fraction of sp³-hybridized carbons (Fsp3) is 0.152. The summed E-state index contributed by atoms with van der Waals surface area (Å²) >= 11 is 0. The number of nitrogens with zero attached hydrogens (tertiary/aromatic N) is 4. The van der Waals surface area contributed by atoms with E-state index in [1.54, 1.807) is 73.6 Å². The van der Waals surface area contributed by atoms with E-state index in [9.17, 15) is 0 Å². The Morgan fingerprint density at radius 3 is 1.07 bits per heavy atom. The molecule has 0 aromatic heterocycles. The largest absolute Gasteiger partial charge is 0.388 e. The number of rotatable bonds is 11. The second-order valence-electron chi connectivity index (χ2n) is 9.06. The van der Waals surface area contributed by atoms with Gasteiger partial charge in [-0.25, -0.2) is 0 Å². The van der Waals surface area contributed by atoms with Crippen LogP contribution in [0.3, 0.4) is 0 Å². The molecule has 1 unspecified atom stereocenters. The molecule has 0 spiro atoms. The molecule has 200 valence electrons. The maximum atomic E-state index is 9.04. The highest BCUT2D eigenvalue weighted by atomic mass is 16.5. The topological polar surface area (TPSA) is 132 Å². The molecular weight excluding hydrogens is 516 g/mol. The Morgan fingerprint density at radius 2 is 0.805 bits per heavy atom. The van der Waals surface area contributed by atoms with Gasteiger partial charge in [0.2, 0.25) is 0 Å². The lowest BCUT2D eigenvalue weighted by Gasteiger charge is -2.43. The third-order valence-corrected chi connectivity index (χ3v) is 6.97. The van der Waals surface area contributed by atoms with Gasteiger partial charge < -0.3 is 18.9 Å². The molecule has 8 nitrogen and oxygen atoms in total. The molecule has 4 aromatic carbocycles. The monoisotopic (exact) mass is 540 g/mol. The number of benzene rings is 4. The van der Waals surface area contributed by atoms with E-state index in [2.05, 4.69) is 6.92 Å². The zero-order valence-electron chi connectivity index (χ0n) is 22.2. The Morgan fingerprint density at radius 1 is 0.512 bits per heavy atom. The minimum atomic E-state index is -0.810. The first-order valence-corrected chi connectivity index (χ1v) is 12.8. The Labute approximate surface area is 238 Å². The molecule has 0 saturated heterocycles. The number of nitriles is 4. The lowest BCUT2D eigenvalue weighted by molar-refractivity contribution is 0.441. The van der Waals surface area contributed by atoms with Crippen molar-refractivity contribution in [2.75, 3.05) is 0 Å². The van der Waals surface area contributed by atoms with Crippen molar-refractivity contribution in [1.82, 2.24) is 0 Å². The van der Waals surface area contributed by atoms with Crippen molar-refractivity contribution >= 4 is 0 Å². The normalized spacial score (nSPS) is 11.0. The lowest BCUT2D eigenvalue weighted by Crippen LogP contribution is -2.36. The van der Waals surface area contributed by atoms with E-state index in [0.29, 0.717) is 23.0 Å². The van der Waals surface area contributed by atoms with Crippen LogP contribution in [-0.2, 0) is 5.41 Å². The minimum absolute atomic E-state index is 0.142. The van der Waals surface area contributed by atoms with Crippen LogP contribution in [0.1, 0.15) is 47.9 Å². The van der Waals surface area contributed by atoms with Crippen molar-refractivity contribution in [2.24, 2.45) is 0 Å². The third-order valence-electron chi connectivity index (χ3n) is 6.97. The summed E-state index contributed by atoms with van der Waals surface area (Å²) in [7, 11) is 0. The SMILES string of the molecule is CCCC(c1ccc(OC#N)cc1)C(c1ccc(OC#N)cc1)(c1ccc(OC#N)cc1)c1ccc(OC#N)cc1. The zero-order chi connectivity index (χ0) is 29.1. The molecule has 0 saturated carbocycles. The summed E-state index contributed by atoms with van der Waals surface area (Å²) in [6, 6.07) is 29.5. The van der Waals surface area contributed by atoms with Crippen LogP contribution in [0.25, 0.3) is 0 Å². The highest BCUT2D eigenvalue weighted by Gasteiger charge is 2.44. The van der Waals surface area contributed by atoms with Crippen LogP contribution < -0.4 is 18.9 Å². The van der Waals surface area contributed by atoms with Gasteiger partial charge in [0, 0.05) is 5.92 Å². The van der Waals surface area contributed by atoms with E-state index in [-0.39, 0.29) is 5.92 Å². The van der Waals surface area contributed by atoms with Gasteiger partial charge in [-0.2, -0.15) is 0 Å². The van der Waals surface area contributed by atoms with Gasteiger partial charge in [-0.05, 0) is 77.2 Å². The van der Waals surface area contributed by atoms with Gasteiger partial charge in [-0.15, -0.1) is 21.0 Å². The van der Waals surface area contributed by atoms with Crippen molar-refractivity contribution < 1.29 is 18.9 Å². The van der Waals surface area contributed by atoms with E-state index >= 15 is 0 Å². The molecule has 4 aromatic rings. The molecule has 1 atom stereocenters. The maximum absolute atomic E-state index is 9.04. The second-order valence-corrected chi connectivity index (χ2v) is 9.06. The molecule has 0 radical (unpaired) electrons. The highest BCUT2D eigenvalue weighted by Crippen LogP contribution is 2.52. The Balaban J connectivity index is 2.06. The van der Waals surface area contributed by atoms with Crippen LogP contribution >= 0.6 is 0 Å². The van der Waals surface area contributed by atoms with Crippen LogP contribution in [0.4, 0.5) is 0 Å². The predicted octanol–water partition coefficient (Wildman–Crippen LogP) is 7.04. The molecule has 0 amide bonds. The van der Waals surface area contributed by atoms with E-state index < -0.39 is 5.41 Å². The van der Waals surface area contributed by atoms with Crippen molar-refractivity contribution in [3.8, 4) is 48.0 Å². The number of hydrogen-bond acceptors (Lipinski definition) is 8. The summed E-state index contributed by atoms with van der Waals surface area (Å²) < 4.78 is 20.2. The fourth-order valence-corrected chi connectivity index (χ4v) is 5.36. The molecular formula is C33H24N4O4. The van der Waals surface area contributed by atoms with Gasteiger partial charge in [0.05, 0.1) is 5.41 Å². The third kappa shape index (κ3) is 5.89. The standard InChI is InChI=1S/C33H24N4O4/c1-2-3-32(24-4-12-28(13-5-24)38-20-34)33(25-6-14-29(15-7-25)39-21-35,26-8-16-30(17-9-26)40-22-36)27-10-18-31(19-11-27)41-23-37/h4-19,32H,2-3H2,1H3. The van der Waals surface area contributed by atoms with Gasteiger partial charge >= 0.3 is 0 Å². The average Bonchev–Trinajstić information content (AvgIpc) is 3.00. The maximum Gasteiger partial charge on any atom is 0.292 e. The zero-order valence-corrected chi connectivity index (χ0v) is 22.2. The predicted molar refractivity (Wildman–Crippen MR) is 148 cm³/mol. The molecule has 4 rings (SSSR count). The van der Waals surface area contributed by atoms with Gasteiger partial charge in [0.1, 0.15) is 23.0 Å². The lowest BCUT2D eigenvalue weighted by atomic mass is 9.59. The molecule has 41 heavy (non-hydrogen) atoms. The Bertz CT molecular complexity index is 1480. The average molecular weight is 541 g/mol. The summed E-state index contributed by atoms with van der Waals surface area (Å²) in [5.41, 5.74) is 2.95. The molecule has 0 aliphatic rings. The molecule has 0 aliphatic carbocycles. The summed E-state index contributed by atoms with van der Waals surface area (Å²) in [6.07, 6.45) is 8.46. The van der Waals surface area contributed by atoms with Gasteiger partial charge in [-0.3, -0.25) is 0 Å². The highest BCUT2D eigenvalue weighted by molar-refractivity contribution is 5.57. The van der Waals surface area contributed by atoms with Crippen LogP contribution in [0.15, 0.2) is 97.1 Å². The molecule has 0 fully saturated rings. The molecule has 0 heterocycles. The second kappa shape index (κ2) is 13.2. The molecule has 0 N–H and O–H groups in total. The van der Waals surface area contributed by atoms with Crippen LogP contribution in [-0.4, -0.2) is 0 Å². The van der Waals surface area contributed by atoms with Crippen molar-refractivity contribution in [3.63, 3.8) is 0 Å². The minimum Gasteiger partial charge on any atom is -0.388 e. The van der Waals surface area contributed by atoms with Gasteiger partial charge in [0.25, 0.3) is 25.0 Å². The van der Waals surface area contributed by atoms with Crippen LogP contribution in [0.2, 0.25) is 0 Å². The molecule has 0 bridgehead atoms. The molecule has 8 heteroatoms. The van der Waals surface area contributed by atoms with Crippen molar-refractivity contribution in [2.45, 2.75) is 31.1 Å². The van der Waals surface area contributed by atoms with E-state index in [1.807, 2.05) is 48.5 Å². The first-order valence-electron chi connectivity index (χ1n) is 12.8. The quantitative estimate of drug-likeness (QED) is 0.146. The number of hydrogen-bond donors (Lipinski definition) is 0. The van der Waals surface area contributed by atoms with Gasteiger partial charge in [-0.1, -0.05) is 61.9 Å². The van der Waals surface area contributed by atoms with Crippen LogP contribution in [0.5, 0.6) is 23.0 Å². The van der Waals surface area contributed by atoms with Crippen molar-refractivity contribution in [1.29, 1.82) is 21.0 Å². The van der Waals surface area contributed by atoms with E-state index in [0.717, 1.165) is 35.1 Å². The van der Waals surface area contributed by atoms with E-state index in [1.165, 1.54) is 0 Å². The fourth-order valence-electron chi connectivity index (χ4n) is 5.36. The summed E-state index contributed by atoms with van der Waals surface area (Å²) in [5, 5.41) is 36.1. The van der Waals surface area contributed by atoms with Gasteiger partial charge in [0.15, 0.2) is 0 Å². The first kappa shape index (κ1) is 28.1. The smallest absolute Gasteiger partial charge is 0.292 e. The summed E-state index contributed by atoms with van der Waals surface area (Å²) in [6.45, 7) is 2.11. The summed E-state index contributed by atoms with van der Waals surface area (Å²) in [5.74, 6) is 1.52. The van der Waals surface area contributed by atoms with E-state index in [4.69, 9.17) is 40.0 Å². The van der Waals surface area contributed by atoms with Crippen LogP contribution in [0, 0.1) is 46.1 Å². The summed E-state index contributed by atoms with van der Waals surface area (Å²) in [4.78, 5) is 0. The Kier molecular flexibility index (Phi) is 9.04. The first-order chi connectivity index (χ1) is 20.1. The van der Waals surface area contributed by atoms with Crippen molar-refractivity contribution in [3.05, 3.63) is 119 Å². The Hall–Kier alpha value is -5.96. The molecule has 0 aliphatic heterocycles.